The molecule has 0 bridgehead atoms. The highest BCUT2D eigenvalue weighted by molar-refractivity contribution is 7.89. The van der Waals surface area contributed by atoms with E-state index in [9.17, 15) is 8.42 Å². The number of sulfonamides is 1. The van der Waals surface area contributed by atoms with Crippen molar-refractivity contribution in [2.24, 2.45) is 5.41 Å². The van der Waals surface area contributed by atoms with Crippen LogP contribution in [0.5, 0.6) is 0 Å². The van der Waals surface area contributed by atoms with E-state index in [-0.39, 0.29) is 21.9 Å². The molecule has 0 unspecified atom stereocenters. The molecule has 1 aliphatic rings. The average Bonchev–Trinajstić information content (AvgIpc) is 3.15. The van der Waals surface area contributed by atoms with Crippen LogP contribution in [0.3, 0.4) is 0 Å². The Morgan fingerprint density at radius 2 is 1.95 bits per heavy atom. The Morgan fingerprint density at radius 1 is 1.33 bits per heavy atom. The first-order valence-electron chi connectivity index (χ1n) is 6.78. The maximum Gasteiger partial charge on any atom is 0.242 e. The lowest BCUT2D eigenvalue weighted by Gasteiger charge is -2.17. The molecule has 0 spiro atoms. The van der Waals surface area contributed by atoms with Gasteiger partial charge >= 0.3 is 0 Å². The maximum absolute atomic E-state index is 12.5. The Labute approximate surface area is 135 Å². The van der Waals surface area contributed by atoms with E-state index in [1.165, 1.54) is 0 Å². The van der Waals surface area contributed by atoms with Crippen LogP contribution in [-0.2, 0) is 10.0 Å². The standard InChI is InChI=1S/C14H19Cl2NO3S/c1-9-7-11(15)10(2)13(12(9)16)21(19,20)17-8-14(3-4-14)5-6-18/h7,17-18H,3-6,8H2,1-2H3. The normalized spacial score (nSPS) is 17.0. The minimum absolute atomic E-state index is 0.0500. The van der Waals surface area contributed by atoms with Gasteiger partial charge in [0.25, 0.3) is 0 Å². The van der Waals surface area contributed by atoms with Gasteiger partial charge in [0.2, 0.25) is 10.0 Å². The van der Waals surface area contributed by atoms with Gasteiger partial charge in [0.15, 0.2) is 0 Å². The van der Waals surface area contributed by atoms with E-state index in [0.29, 0.717) is 29.1 Å². The second-order valence-corrected chi connectivity index (χ2v) is 8.23. The number of benzene rings is 1. The Bertz CT molecular complexity index is 628. The summed E-state index contributed by atoms with van der Waals surface area (Å²) in [5, 5.41) is 9.62. The molecule has 2 rings (SSSR count). The summed E-state index contributed by atoms with van der Waals surface area (Å²) >= 11 is 12.2. The van der Waals surface area contributed by atoms with Crippen LogP contribution in [0.4, 0.5) is 0 Å². The van der Waals surface area contributed by atoms with Crippen molar-refractivity contribution >= 4 is 33.2 Å². The molecule has 2 N–H and O–H groups in total. The van der Waals surface area contributed by atoms with Gasteiger partial charge in [-0.05, 0) is 55.7 Å². The minimum Gasteiger partial charge on any atom is -0.396 e. The molecule has 21 heavy (non-hydrogen) atoms. The Hall–Kier alpha value is -0.330. The topological polar surface area (TPSA) is 66.4 Å². The Kier molecular flexibility index (Phi) is 4.90. The van der Waals surface area contributed by atoms with Crippen LogP contribution in [0.25, 0.3) is 0 Å². The minimum atomic E-state index is -3.73. The quantitative estimate of drug-likeness (QED) is 0.827. The smallest absolute Gasteiger partial charge is 0.242 e. The molecular weight excluding hydrogens is 333 g/mol. The molecule has 0 saturated heterocycles. The van der Waals surface area contributed by atoms with E-state index in [4.69, 9.17) is 28.3 Å². The first-order chi connectivity index (χ1) is 9.72. The van der Waals surface area contributed by atoms with E-state index < -0.39 is 10.0 Å². The van der Waals surface area contributed by atoms with Gasteiger partial charge in [-0.2, -0.15) is 0 Å². The number of rotatable bonds is 6. The van der Waals surface area contributed by atoms with Crippen LogP contribution in [0.1, 0.15) is 30.4 Å². The van der Waals surface area contributed by atoms with Gasteiger partial charge < -0.3 is 5.11 Å². The zero-order valence-corrected chi connectivity index (χ0v) is 14.4. The molecule has 0 amide bonds. The van der Waals surface area contributed by atoms with Crippen molar-refractivity contribution < 1.29 is 13.5 Å². The van der Waals surface area contributed by atoms with Crippen LogP contribution in [0, 0.1) is 19.3 Å². The van der Waals surface area contributed by atoms with E-state index >= 15 is 0 Å². The number of halogens is 2. The molecule has 0 aliphatic heterocycles. The third-order valence-electron chi connectivity index (χ3n) is 4.09. The lowest BCUT2D eigenvalue weighted by molar-refractivity contribution is 0.249. The first-order valence-corrected chi connectivity index (χ1v) is 9.02. The van der Waals surface area contributed by atoms with Crippen molar-refractivity contribution in [2.75, 3.05) is 13.2 Å². The number of hydrogen-bond donors (Lipinski definition) is 2. The third-order valence-corrected chi connectivity index (χ3v) is 6.66. The van der Waals surface area contributed by atoms with Crippen molar-refractivity contribution in [1.29, 1.82) is 0 Å². The summed E-state index contributed by atoms with van der Waals surface area (Å²) in [7, 11) is -3.73. The molecule has 1 aromatic rings. The number of aryl methyl sites for hydroxylation is 1. The maximum atomic E-state index is 12.5. The van der Waals surface area contributed by atoms with Crippen molar-refractivity contribution in [1.82, 2.24) is 4.72 Å². The Morgan fingerprint density at radius 3 is 2.48 bits per heavy atom. The summed E-state index contributed by atoms with van der Waals surface area (Å²) in [6.07, 6.45) is 2.46. The highest BCUT2D eigenvalue weighted by Crippen LogP contribution is 2.48. The Balaban J connectivity index is 2.28. The van der Waals surface area contributed by atoms with Gasteiger partial charge in [0.1, 0.15) is 4.90 Å². The fourth-order valence-corrected chi connectivity index (χ4v) is 4.75. The molecule has 1 saturated carbocycles. The molecule has 7 heteroatoms. The van der Waals surface area contributed by atoms with Crippen molar-refractivity contribution in [2.45, 2.75) is 38.0 Å². The molecule has 0 aromatic heterocycles. The average molecular weight is 352 g/mol. The summed E-state index contributed by atoms with van der Waals surface area (Å²) in [6, 6.07) is 1.66. The van der Waals surface area contributed by atoms with Crippen LogP contribution < -0.4 is 4.72 Å². The summed E-state index contributed by atoms with van der Waals surface area (Å²) in [5.74, 6) is 0. The lowest BCUT2D eigenvalue weighted by Crippen LogP contribution is -2.31. The van der Waals surface area contributed by atoms with Gasteiger partial charge in [-0.25, -0.2) is 13.1 Å². The molecule has 1 aromatic carbocycles. The van der Waals surface area contributed by atoms with Crippen LogP contribution in [0.15, 0.2) is 11.0 Å². The molecule has 118 valence electrons. The van der Waals surface area contributed by atoms with Crippen LogP contribution in [-0.4, -0.2) is 26.7 Å². The molecule has 1 fully saturated rings. The second kappa shape index (κ2) is 6.05. The zero-order chi connectivity index (χ0) is 15.8. The summed E-state index contributed by atoms with van der Waals surface area (Å²) in [6.45, 7) is 3.75. The molecule has 4 nitrogen and oxygen atoms in total. The van der Waals surface area contributed by atoms with Crippen molar-refractivity contribution in [3.8, 4) is 0 Å². The van der Waals surface area contributed by atoms with Crippen LogP contribution in [0.2, 0.25) is 10.0 Å². The van der Waals surface area contributed by atoms with Gasteiger partial charge in [-0.15, -0.1) is 0 Å². The van der Waals surface area contributed by atoms with Crippen molar-refractivity contribution in [3.05, 3.63) is 27.2 Å². The predicted octanol–water partition coefficient (Wildman–Crippen LogP) is 3.05. The SMILES string of the molecule is Cc1cc(Cl)c(C)c(S(=O)(=O)NCC2(CCO)CC2)c1Cl. The van der Waals surface area contributed by atoms with E-state index in [0.717, 1.165) is 12.8 Å². The second-order valence-electron chi connectivity index (χ2n) is 5.74. The van der Waals surface area contributed by atoms with Gasteiger partial charge in [0.05, 0.1) is 5.02 Å². The van der Waals surface area contributed by atoms with Gasteiger partial charge in [0, 0.05) is 18.2 Å². The fraction of sp³-hybridized carbons (Fsp3) is 0.571. The van der Waals surface area contributed by atoms with Gasteiger partial charge in [-0.1, -0.05) is 23.2 Å². The largest absolute Gasteiger partial charge is 0.396 e. The van der Waals surface area contributed by atoms with E-state index in [2.05, 4.69) is 4.72 Å². The number of nitrogens with one attached hydrogen (secondary N) is 1. The summed E-state index contributed by atoms with van der Waals surface area (Å²) in [5.41, 5.74) is 0.978. The number of hydrogen-bond acceptors (Lipinski definition) is 3. The lowest BCUT2D eigenvalue weighted by atomic mass is 10.0. The molecule has 0 atom stereocenters. The third kappa shape index (κ3) is 3.54. The van der Waals surface area contributed by atoms with Crippen LogP contribution >= 0.6 is 23.2 Å². The number of aliphatic hydroxyl groups excluding tert-OH is 1. The zero-order valence-electron chi connectivity index (χ0n) is 12.0. The highest BCUT2D eigenvalue weighted by Gasteiger charge is 2.42. The van der Waals surface area contributed by atoms with Gasteiger partial charge in [-0.3, -0.25) is 0 Å². The number of aliphatic hydroxyl groups is 1. The predicted molar refractivity (Wildman–Crippen MR) is 84.5 cm³/mol. The molecule has 0 heterocycles. The van der Waals surface area contributed by atoms with Crippen molar-refractivity contribution in [3.63, 3.8) is 0 Å². The highest BCUT2D eigenvalue weighted by atomic mass is 35.5. The summed E-state index contributed by atoms with van der Waals surface area (Å²) < 4.78 is 27.7. The van der Waals surface area contributed by atoms with E-state index in [1.54, 1.807) is 19.9 Å². The molecule has 0 radical (unpaired) electrons. The first kappa shape index (κ1) is 17.0. The van der Waals surface area contributed by atoms with E-state index in [1.807, 2.05) is 0 Å². The fourth-order valence-electron chi connectivity index (χ4n) is 2.38. The monoisotopic (exact) mass is 351 g/mol. The molecular formula is C14H19Cl2NO3S. The summed E-state index contributed by atoms with van der Waals surface area (Å²) in [4.78, 5) is 0.0500. The molecule has 1 aliphatic carbocycles.